The molecule has 1 rings (SSSR count). The van der Waals surface area contributed by atoms with Gasteiger partial charge in [0, 0.05) is 32.6 Å². The standard InChI is InChI=1S/C19H31BrN4O3/c1-6-21-19(22-10-9-17(25)24(7-2)8-3)23-13-14-11-15(20)18(27-5)16(12-14)26-4/h11-12H,6-10,13H2,1-5H3,(H2,21,22,23). The number of ether oxygens (including phenoxy) is 2. The van der Waals surface area contributed by atoms with Crippen LogP contribution in [0.5, 0.6) is 11.5 Å². The Kier molecular flexibility index (Phi) is 10.6. The molecule has 0 aliphatic heterocycles. The molecule has 0 bridgehead atoms. The molecule has 0 unspecified atom stereocenters. The predicted octanol–water partition coefficient (Wildman–Crippen LogP) is 2.78. The van der Waals surface area contributed by atoms with Crippen molar-refractivity contribution in [3.05, 3.63) is 22.2 Å². The van der Waals surface area contributed by atoms with Crippen molar-refractivity contribution in [2.45, 2.75) is 33.7 Å². The number of hydrogen-bond acceptors (Lipinski definition) is 4. The molecule has 1 aromatic rings. The number of amides is 1. The second-order valence-electron chi connectivity index (χ2n) is 5.75. The van der Waals surface area contributed by atoms with E-state index in [1.807, 2.05) is 37.8 Å². The number of carbonyl (C=O) groups is 1. The molecule has 7 nitrogen and oxygen atoms in total. The number of nitrogens with zero attached hydrogens (tertiary/aromatic N) is 2. The van der Waals surface area contributed by atoms with Gasteiger partial charge in [0.15, 0.2) is 17.5 Å². The molecule has 1 aromatic carbocycles. The van der Waals surface area contributed by atoms with Crippen molar-refractivity contribution in [2.75, 3.05) is 40.4 Å². The van der Waals surface area contributed by atoms with E-state index < -0.39 is 0 Å². The van der Waals surface area contributed by atoms with Crippen LogP contribution in [0.3, 0.4) is 0 Å². The van der Waals surface area contributed by atoms with Gasteiger partial charge in [0.25, 0.3) is 0 Å². The van der Waals surface area contributed by atoms with Gasteiger partial charge >= 0.3 is 0 Å². The highest BCUT2D eigenvalue weighted by Gasteiger charge is 2.11. The van der Waals surface area contributed by atoms with E-state index in [0.717, 1.165) is 29.7 Å². The normalized spacial score (nSPS) is 11.1. The van der Waals surface area contributed by atoms with Crippen molar-refractivity contribution in [1.82, 2.24) is 15.5 Å². The van der Waals surface area contributed by atoms with Gasteiger partial charge < -0.3 is 25.0 Å². The molecule has 0 heterocycles. The summed E-state index contributed by atoms with van der Waals surface area (Å²) in [6, 6.07) is 3.86. The van der Waals surface area contributed by atoms with Gasteiger partial charge in [-0.2, -0.15) is 0 Å². The lowest BCUT2D eigenvalue weighted by Crippen LogP contribution is -2.40. The summed E-state index contributed by atoms with van der Waals surface area (Å²) >= 11 is 3.49. The summed E-state index contributed by atoms with van der Waals surface area (Å²) in [6.45, 7) is 9.20. The van der Waals surface area contributed by atoms with Crippen molar-refractivity contribution < 1.29 is 14.3 Å². The van der Waals surface area contributed by atoms with Crippen LogP contribution in [-0.4, -0.2) is 57.2 Å². The molecule has 152 valence electrons. The monoisotopic (exact) mass is 442 g/mol. The first-order chi connectivity index (χ1) is 13.0. The van der Waals surface area contributed by atoms with E-state index >= 15 is 0 Å². The zero-order valence-electron chi connectivity index (χ0n) is 16.9. The van der Waals surface area contributed by atoms with Crippen molar-refractivity contribution in [1.29, 1.82) is 0 Å². The number of rotatable bonds is 10. The second kappa shape index (κ2) is 12.4. The van der Waals surface area contributed by atoms with Crippen molar-refractivity contribution in [2.24, 2.45) is 4.99 Å². The van der Waals surface area contributed by atoms with Crippen LogP contribution in [0.1, 0.15) is 32.8 Å². The molecule has 0 aliphatic carbocycles. The highest BCUT2D eigenvalue weighted by Crippen LogP contribution is 2.36. The van der Waals surface area contributed by atoms with Gasteiger partial charge in [-0.3, -0.25) is 4.79 Å². The van der Waals surface area contributed by atoms with E-state index in [1.54, 1.807) is 14.2 Å². The molecule has 27 heavy (non-hydrogen) atoms. The molecule has 0 saturated heterocycles. The number of benzene rings is 1. The molecule has 2 N–H and O–H groups in total. The predicted molar refractivity (Wildman–Crippen MR) is 113 cm³/mol. The maximum absolute atomic E-state index is 12.1. The van der Waals surface area contributed by atoms with Gasteiger partial charge in [-0.05, 0) is 54.4 Å². The molecule has 0 aliphatic rings. The van der Waals surface area contributed by atoms with Crippen LogP contribution >= 0.6 is 15.9 Å². The lowest BCUT2D eigenvalue weighted by atomic mass is 10.2. The Labute approximate surface area is 170 Å². The number of methoxy groups -OCH3 is 2. The maximum Gasteiger partial charge on any atom is 0.224 e. The first-order valence-electron chi connectivity index (χ1n) is 9.20. The fourth-order valence-electron chi connectivity index (χ4n) is 2.60. The van der Waals surface area contributed by atoms with Gasteiger partial charge in [-0.1, -0.05) is 0 Å². The Hall–Kier alpha value is -1.96. The van der Waals surface area contributed by atoms with E-state index in [9.17, 15) is 4.79 Å². The van der Waals surface area contributed by atoms with E-state index in [-0.39, 0.29) is 5.91 Å². The summed E-state index contributed by atoms with van der Waals surface area (Å²) in [5, 5.41) is 6.41. The lowest BCUT2D eigenvalue weighted by molar-refractivity contribution is -0.130. The Morgan fingerprint density at radius 3 is 2.41 bits per heavy atom. The second-order valence-corrected chi connectivity index (χ2v) is 6.61. The van der Waals surface area contributed by atoms with Crippen molar-refractivity contribution >= 4 is 27.8 Å². The first-order valence-corrected chi connectivity index (χ1v) is 10.00. The lowest BCUT2D eigenvalue weighted by Gasteiger charge is -2.19. The molecule has 8 heteroatoms. The van der Waals surface area contributed by atoms with E-state index in [1.165, 1.54) is 0 Å². The van der Waals surface area contributed by atoms with Gasteiger partial charge in [0.05, 0.1) is 25.2 Å². The molecule has 0 radical (unpaired) electrons. The number of carbonyl (C=O) groups excluding carboxylic acids is 1. The Morgan fingerprint density at radius 1 is 1.15 bits per heavy atom. The number of halogens is 1. The Balaban J connectivity index is 2.74. The summed E-state index contributed by atoms with van der Waals surface area (Å²) in [5.41, 5.74) is 0.982. The summed E-state index contributed by atoms with van der Waals surface area (Å²) < 4.78 is 11.5. The average Bonchev–Trinajstić information content (AvgIpc) is 2.66. The number of guanidine groups is 1. The van der Waals surface area contributed by atoms with Crippen LogP contribution in [0.2, 0.25) is 0 Å². The number of aliphatic imine (C=N–C) groups is 1. The van der Waals surface area contributed by atoms with Crippen LogP contribution < -0.4 is 20.1 Å². The minimum atomic E-state index is 0.146. The van der Waals surface area contributed by atoms with E-state index in [2.05, 4.69) is 31.6 Å². The Bertz CT molecular complexity index is 634. The molecule has 0 spiro atoms. The molecule has 0 atom stereocenters. The van der Waals surface area contributed by atoms with E-state index in [0.29, 0.717) is 37.0 Å². The first kappa shape index (κ1) is 23.1. The van der Waals surface area contributed by atoms with Gasteiger partial charge in [-0.15, -0.1) is 0 Å². The third-order valence-corrected chi connectivity index (χ3v) is 4.59. The fraction of sp³-hybridized carbons (Fsp3) is 0.579. The summed E-state index contributed by atoms with van der Waals surface area (Å²) in [7, 11) is 3.21. The van der Waals surface area contributed by atoms with Gasteiger partial charge in [0.1, 0.15) is 0 Å². The summed E-state index contributed by atoms with van der Waals surface area (Å²) in [5.74, 6) is 2.13. The molecular formula is C19H31BrN4O3. The maximum atomic E-state index is 12.1. The largest absolute Gasteiger partial charge is 0.493 e. The summed E-state index contributed by atoms with van der Waals surface area (Å²) in [4.78, 5) is 18.5. The number of hydrogen-bond donors (Lipinski definition) is 2. The fourth-order valence-corrected chi connectivity index (χ4v) is 3.25. The van der Waals surface area contributed by atoms with Gasteiger partial charge in [-0.25, -0.2) is 4.99 Å². The van der Waals surface area contributed by atoms with Crippen LogP contribution in [0.4, 0.5) is 0 Å². The minimum Gasteiger partial charge on any atom is -0.493 e. The highest BCUT2D eigenvalue weighted by atomic mass is 79.9. The third-order valence-electron chi connectivity index (χ3n) is 4.00. The summed E-state index contributed by atoms with van der Waals surface area (Å²) in [6.07, 6.45) is 0.438. The van der Waals surface area contributed by atoms with Crippen molar-refractivity contribution in [3.63, 3.8) is 0 Å². The average molecular weight is 443 g/mol. The van der Waals surface area contributed by atoms with Crippen LogP contribution in [-0.2, 0) is 11.3 Å². The molecule has 0 saturated carbocycles. The molecule has 1 amide bonds. The topological polar surface area (TPSA) is 75.2 Å². The van der Waals surface area contributed by atoms with E-state index in [4.69, 9.17) is 9.47 Å². The quantitative estimate of drug-likeness (QED) is 0.430. The SMILES string of the molecule is CCNC(=NCc1cc(Br)c(OC)c(OC)c1)NCCC(=O)N(CC)CC. The zero-order valence-corrected chi connectivity index (χ0v) is 18.5. The van der Waals surface area contributed by atoms with Crippen LogP contribution in [0.25, 0.3) is 0 Å². The van der Waals surface area contributed by atoms with Crippen LogP contribution in [0.15, 0.2) is 21.6 Å². The molecular weight excluding hydrogens is 412 g/mol. The third kappa shape index (κ3) is 7.28. The smallest absolute Gasteiger partial charge is 0.224 e. The molecule has 0 fully saturated rings. The number of nitrogens with one attached hydrogen (secondary N) is 2. The van der Waals surface area contributed by atoms with Gasteiger partial charge in [0.2, 0.25) is 5.91 Å². The van der Waals surface area contributed by atoms with Crippen molar-refractivity contribution in [3.8, 4) is 11.5 Å². The zero-order chi connectivity index (χ0) is 20.2. The highest BCUT2D eigenvalue weighted by molar-refractivity contribution is 9.10. The van der Waals surface area contributed by atoms with Crippen LogP contribution in [0, 0.1) is 0 Å². The minimum absolute atomic E-state index is 0.146. The molecule has 0 aromatic heterocycles. The Morgan fingerprint density at radius 2 is 1.85 bits per heavy atom.